The standard InChI is InChI=1S/C15H19FN4/c1-12-10-19(9-8-17-12)11-15-6-7-18-20(15)14-4-2-13(16)3-5-14/h2-7,12,17H,8-11H2,1H3/t12-/m0/s1. The third kappa shape index (κ3) is 2.89. The molecule has 2 aromatic rings. The van der Waals surface area contributed by atoms with Gasteiger partial charge in [0.15, 0.2) is 0 Å². The van der Waals surface area contributed by atoms with E-state index in [4.69, 9.17) is 0 Å². The average molecular weight is 274 g/mol. The Balaban J connectivity index is 1.78. The third-order valence-electron chi connectivity index (χ3n) is 3.63. The summed E-state index contributed by atoms with van der Waals surface area (Å²) >= 11 is 0. The molecule has 1 atom stereocenters. The summed E-state index contributed by atoms with van der Waals surface area (Å²) < 4.78 is 14.9. The molecule has 0 unspecified atom stereocenters. The van der Waals surface area contributed by atoms with Crippen LogP contribution < -0.4 is 5.32 Å². The molecule has 0 bridgehead atoms. The molecular formula is C15H19FN4. The highest BCUT2D eigenvalue weighted by Crippen LogP contribution is 2.14. The van der Waals surface area contributed by atoms with Crippen LogP contribution in [-0.4, -0.2) is 40.4 Å². The zero-order valence-corrected chi connectivity index (χ0v) is 11.6. The largest absolute Gasteiger partial charge is 0.312 e. The maximum Gasteiger partial charge on any atom is 0.123 e. The molecule has 1 aromatic carbocycles. The molecule has 1 N–H and O–H groups in total. The highest BCUT2D eigenvalue weighted by atomic mass is 19.1. The van der Waals surface area contributed by atoms with E-state index in [-0.39, 0.29) is 5.82 Å². The van der Waals surface area contributed by atoms with Gasteiger partial charge in [-0.05, 0) is 37.3 Å². The molecule has 1 fully saturated rings. The Morgan fingerprint density at radius 2 is 2.10 bits per heavy atom. The first-order valence-electron chi connectivity index (χ1n) is 6.97. The molecule has 106 valence electrons. The lowest BCUT2D eigenvalue weighted by atomic mass is 10.2. The Kier molecular flexibility index (Phi) is 3.80. The van der Waals surface area contributed by atoms with Crippen molar-refractivity contribution in [2.24, 2.45) is 0 Å². The Bertz CT molecular complexity index is 564. The van der Waals surface area contributed by atoms with Crippen molar-refractivity contribution in [3.63, 3.8) is 0 Å². The van der Waals surface area contributed by atoms with E-state index in [1.54, 1.807) is 18.3 Å². The fourth-order valence-corrected chi connectivity index (χ4v) is 2.65. The van der Waals surface area contributed by atoms with Crippen molar-refractivity contribution in [3.8, 4) is 5.69 Å². The lowest BCUT2D eigenvalue weighted by molar-refractivity contribution is 0.196. The minimum atomic E-state index is -0.224. The smallest absolute Gasteiger partial charge is 0.123 e. The molecule has 1 aliphatic rings. The van der Waals surface area contributed by atoms with Crippen LogP contribution in [0, 0.1) is 5.82 Å². The molecule has 4 nitrogen and oxygen atoms in total. The van der Waals surface area contributed by atoms with E-state index >= 15 is 0 Å². The summed E-state index contributed by atoms with van der Waals surface area (Å²) in [4.78, 5) is 2.41. The van der Waals surface area contributed by atoms with Gasteiger partial charge in [-0.15, -0.1) is 0 Å². The first kappa shape index (κ1) is 13.3. The zero-order chi connectivity index (χ0) is 13.9. The molecule has 0 spiro atoms. The second-order valence-electron chi connectivity index (χ2n) is 5.30. The molecule has 1 aliphatic heterocycles. The lowest BCUT2D eigenvalue weighted by Crippen LogP contribution is -2.48. The first-order valence-corrected chi connectivity index (χ1v) is 6.97. The Hall–Kier alpha value is -1.72. The van der Waals surface area contributed by atoms with Crippen molar-refractivity contribution in [2.75, 3.05) is 19.6 Å². The molecule has 0 aliphatic carbocycles. The quantitative estimate of drug-likeness (QED) is 0.926. The Labute approximate surface area is 118 Å². The van der Waals surface area contributed by atoms with E-state index in [0.29, 0.717) is 6.04 Å². The van der Waals surface area contributed by atoms with Crippen molar-refractivity contribution in [3.05, 3.63) is 48.0 Å². The van der Waals surface area contributed by atoms with E-state index in [9.17, 15) is 4.39 Å². The molecule has 1 aromatic heterocycles. The summed E-state index contributed by atoms with van der Waals surface area (Å²) in [6.07, 6.45) is 1.80. The monoisotopic (exact) mass is 274 g/mol. The van der Waals surface area contributed by atoms with Gasteiger partial charge in [0, 0.05) is 38.4 Å². The van der Waals surface area contributed by atoms with Crippen LogP contribution in [-0.2, 0) is 6.54 Å². The number of piperazine rings is 1. The molecule has 0 amide bonds. The van der Waals surface area contributed by atoms with Crippen LogP contribution >= 0.6 is 0 Å². The third-order valence-corrected chi connectivity index (χ3v) is 3.63. The van der Waals surface area contributed by atoms with Crippen LogP contribution in [0.5, 0.6) is 0 Å². The van der Waals surface area contributed by atoms with Gasteiger partial charge >= 0.3 is 0 Å². The van der Waals surface area contributed by atoms with Gasteiger partial charge in [0.25, 0.3) is 0 Å². The highest BCUT2D eigenvalue weighted by Gasteiger charge is 2.17. The van der Waals surface area contributed by atoms with Crippen LogP contribution in [0.4, 0.5) is 4.39 Å². The van der Waals surface area contributed by atoms with Crippen molar-refractivity contribution in [2.45, 2.75) is 19.5 Å². The van der Waals surface area contributed by atoms with Gasteiger partial charge in [-0.2, -0.15) is 5.10 Å². The number of aromatic nitrogens is 2. The number of hydrogen-bond acceptors (Lipinski definition) is 3. The number of benzene rings is 1. The number of nitrogens with one attached hydrogen (secondary N) is 1. The van der Waals surface area contributed by atoms with E-state index in [2.05, 4.69) is 22.2 Å². The average Bonchev–Trinajstić information content (AvgIpc) is 2.88. The van der Waals surface area contributed by atoms with Crippen LogP contribution in [0.25, 0.3) is 5.69 Å². The summed E-state index contributed by atoms with van der Waals surface area (Å²) in [5.74, 6) is -0.224. The van der Waals surface area contributed by atoms with Gasteiger partial charge in [0.05, 0.1) is 11.4 Å². The molecule has 0 radical (unpaired) electrons. The van der Waals surface area contributed by atoms with Crippen molar-refractivity contribution in [1.29, 1.82) is 0 Å². The van der Waals surface area contributed by atoms with E-state index < -0.39 is 0 Å². The molecular weight excluding hydrogens is 255 g/mol. The maximum atomic E-state index is 13.0. The molecule has 1 saturated heterocycles. The summed E-state index contributed by atoms with van der Waals surface area (Å²) in [6, 6.07) is 8.99. The molecule has 3 rings (SSSR count). The maximum absolute atomic E-state index is 13.0. The number of rotatable bonds is 3. The lowest BCUT2D eigenvalue weighted by Gasteiger charge is -2.31. The summed E-state index contributed by atoms with van der Waals surface area (Å²) in [5.41, 5.74) is 2.03. The number of hydrogen-bond donors (Lipinski definition) is 1. The zero-order valence-electron chi connectivity index (χ0n) is 11.6. The number of halogens is 1. The SMILES string of the molecule is C[C@H]1CN(Cc2ccnn2-c2ccc(F)cc2)CCN1. The normalized spacial score (nSPS) is 20.2. The fraction of sp³-hybridized carbons (Fsp3) is 0.400. The predicted molar refractivity (Wildman–Crippen MR) is 76.3 cm³/mol. The highest BCUT2D eigenvalue weighted by molar-refractivity contribution is 5.32. The summed E-state index contributed by atoms with van der Waals surface area (Å²) in [7, 11) is 0. The second-order valence-corrected chi connectivity index (χ2v) is 5.30. The van der Waals surface area contributed by atoms with Crippen LogP contribution in [0.15, 0.2) is 36.5 Å². The first-order chi connectivity index (χ1) is 9.72. The second kappa shape index (κ2) is 5.73. The van der Waals surface area contributed by atoms with Crippen LogP contribution in [0.1, 0.15) is 12.6 Å². The van der Waals surface area contributed by atoms with Crippen LogP contribution in [0.2, 0.25) is 0 Å². The van der Waals surface area contributed by atoms with Gasteiger partial charge < -0.3 is 5.32 Å². The van der Waals surface area contributed by atoms with E-state index in [1.165, 1.54) is 12.1 Å². The van der Waals surface area contributed by atoms with Gasteiger partial charge in [0.2, 0.25) is 0 Å². The Morgan fingerprint density at radius 3 is 2.85 bits per heavy atom. The van der Waals surface area contributed by atoms with Crippen LogP contribution in [0.3, 0.4) is 0 Å². The molecule has 20 heavy (non-hydrogen) atoms. The summed E-state index contributed by atoms with van der Waals surface area (Å²) in [5, 5.41) is 7.79. The van der Waals surface area contributed by atoms with E-state index in [0.717, 1.165) is 37.6 Å². The summed E-state index contributed by atoms with van der Waals surface area (Å²) in [6.45, 7) is 6.16. The molecule has 2 heterocycles. The number of nitrogens with zero attached hydrogens (tertiary/aromatic N) is 3. The minimum Gasteiger partial charge on any atom is -0.312 e. The molecule has 0 saturated carbocycles. The van der Waals surface area contributed by atoms with Gasteiger partial charge in [-0.25, -0.2) is 9.07 Å². The molecule has 5 heteroatoms. The topological polar surface area (TPSA) is 33.1 Å². The Morgan fingerprint density at radius 1 is 1.30 bits per heavy atom. The van der Waals surface area contributed by atoms with Gasteiger partial charge in [-0.3, -0.25) is 4.90 Å². The van der Waals surface area contributed by atoms with Crippen molar-refractivity contribution in [1.82, 2.24) is 20.0 Å². The fourth-order valence-electron chi connectivity index (χ4n) is 2.65. The van der Waals surface area contributed by atoms with E-state index in [1.807, 2.05) is 10.7 Å². The van der Waals surface area contributed by atoms with Crippen molar-refractivity contribution < 1.29 is 4.39 Å². The van der Waals surface area contributed by atoms with Gasteiger partial charge in [-0.1, -0.05) is 0 Å². The minimum absolute atomic E-state index is 0.224. The predicted octanol–water partition coefficient (Wildman–Crippen LogP) is 1.81. The van der Waals surface area contributed by atoms with Gasteiger partial charge in [0.1, 0.15) is 5.82 Å². The van der Waals surface area contributed by atoms with Crippen molar-refractivity contribution >= 4 is 0 Å².